The molecule has 1 aliphatic carbocycles. The molecule has 11 heteroatoms. The fourth-order valence-electron chi connectivity index (χ4n) is 5.20. The van der Waals surface area contributed by atoms with Crippen molar-refractivity contribution in [3.05, 3.63) is 29.3 Å². The number of urea groups is 1. The number of carbonyl (C=O) groups is 3. The van der Waals surface area contributed by atoms with E-state index >= 15 is 0 Å². The van der Waals surface area contributed by atoms with Gasteiger partial charge in [0.25, 0.3) is 0 Å². The van der Waals surface area contributed by atoms with Gasteiger partial charge in [-0.05, 0) is 62.8 Å². The molecule has 1 aromatic carbocycles. The first-order valence-electron chi connectivity index (χ1n) is 12.5. The predicted molar refractivity (Wildman–Crippen MR) is 134 cm³/mol. The van der Waals surface area contributed by atoms with Gasteiger partial charge in [0.15, 0.2) is 0 Å². The average molecular weight is 523 g/mol. The molecule has 2 N–H and O–H groups in total. The molecule has 198 valence electrons. The lowest BCUT2D eigenvalue weighted by Gasteiger charge is -2.43. The highest BCUT2D eigenvalue weighted by Crippen LogP contribution is 2.53. The molecule has 10 nitrogen and oxygen atoms in total. The van der Waals surface area contributed by atoms with Gasteiger partial charge in [-0.2, -0.15) is 0 Å². The summed E-state index contributed by atoms with van der Waals surface area (Å²) in [5, 5.41) is 13.8. The number of halogens is 1. The number of piperazine rings is 1. The second-order valence-electron chi connectivity index (χ2n) is 9.98. The van der Waals surface area contributed by atoms with Crippen LogP contribution in [0.1, 0.15) is 32.6 Å². The zero-order valence-electron chi connectivity index (χ0n) is 20.8. The SMILES string of the molecule is COC(=O)OC[C@H](CCN1CCC2(CC2)[C@H](O)C1)N1CCN(C(=O)Nc2cccc(Cl)c2)[C@@H](C)C1=O. The van der Waals surface area contributed by atoms with Crippen LogP contribution in [0.25, 0.3) is 0 Å². The summed E-state index contributed by atoms with van der Waals surface area (Å²) >= 11 is 6.01. The molecular weight excluding hydrogens is 488 g/mol. The van der Waals surface area contributed by atoms with E-state index in [-0.39, 0.29) is 36.1 Å². The van der Waals surface area contributed by atoms with E-state index in [0.29, 0.717) is 43.3 Å². The summed E-state index contributed by atoms with van der Waals surface area (Å²) in [6.07, 6.45) is 2.62. The van der Waals surface area contributed by atoms with Crippen molar-refractivity contribution < 1.29 is 29.0 Å². The maximum absolute atomic E-state index is 13.4. The van der Waals surface area contributed by atoms with Crippen molar-refractivity contribution in [2.45, 2.75) is 50.8 Å². The zero-order chi connectivity index (χ0) is 25.9. The molecule has 2 saturated heterocycles. The Kier molecular flexibility index (Phi) is 8.27. The maximum atomic E-state index is 13.4. The Hall–Kier alpha value is -2.56. The summed E-state index contributed by atoms with van der Waals surface area (Å²) in [7, 11) is 1.24. The zero-order valence-corrected chi connectivity index (χ0v) is 21.6. The van der Waals surface area contributed by atoms with Crippen molar-refractivity contribution in [3.8, 4) is 0 Å². The molecule has 2 heterocycles. The summed E-state index contributed by atoms with van der Waals surface area (Å²) in [5.41, 5.74) is 0.674. The average Bonchev–Trinajstić information content (AvgIpc) is 3.64. The number of hydrogen-bond donors (Lipinski definition) is 2. The maximum Gasteiger partial charge on any atom is 0.508 e. The molecule has 1 aromatic rings. The number of carbonyl (C=O) groups excluding carboxylic acids is 3. The quantitative estimate of drug-likeness (QED) is 0.529. The molecule has 4 rings (SSSR count). The van der Waals surface area contributed by atoms with E-state index < -0.39 is 12.2 Å². The number of hydrogen-bond acceptors (Lipinski definition) is 7. The van der Waals surface area contributed by atoms with E-state index in [1.54, 1.807) is 36.1 Å². The summed E-state index contributed by atoms with van der Waals surface area (Å²) < 4.78 is 9.84. The van der Waals surface area contributed by atoms with Gasteiger partial charge in [0, 0.05) is 36.9 Å². The number of β-amino-alcohol motifs (C(OH)–C–C–N with tert-alkyl or cyclic N) is 1. The summed E-state index contributed by atoms with van der Waals surface area (Å²) in [4.78, 5) is 43.3. The van der Waals surface area contributed by atoms with Gasteiger partial charge in [-0.3, -0.25) is 4.79 Å². The molecule has 0 bridgehead atoms. The van der Waals surface area contributed by atoms with Crippen LogP contribution < -0.4 is 5.32 Å². The molecular formula is C25H35ClN4O6. The van der Waals surface area contributed by atoms with Crippen molar-refractivity contribution in [1.82, 2.24) is 14.7 Å². The first-order valence-corrected chi connectivity index (χ1v) is 12.8. The number of nitrogens with zero attached hydrogens (tertiary/aromatic N) is 3. The molecule has 3 amide bonds. The molecule has 2 aliphatic heterocycles. The molecule has 1 saturated carbocycles. The minimum absolute atomic E-state index is 0.000174. The highest BCUT2D eigenvalue weighted by atomic mass is 35.5. The Morgan fingerprint density at radius 3 is 2.69 bits per heavy atom. The van der Waals surface area contributed by atoms with Gasteiger partial charge in [0.1, 0.15) is 12.6 Å². The second-order valence-corrected chi connectivity index (χ2v) is 10.4. The molecule has 3 atom stereocenters. The van der Waals surface area contributed by atoms with Crippen molar-refractivity contribution in [1.29, 1.82) is 0 Å². The van der Waals surface area contributed by atoms with Crippen molar-refractivity contribution in [2.24, 2.45) is 5.41 Å². The van der Waals surface area contributed by atoms with Gasteiger partial charge in [0.05, 0.1) is 19.3 Å². The third kappa shape index (κ3) is 6.04. The fraction of sp³-hybridized carbons (Fsp3) is 0.640. The third-order valence-electron chi connectivity index (χ3n) is 7.76. The van der Waals surface area contributed by atoms with Crippen LogP contribution in [-0.2, 0) is 14.3 Å². The Morgan fingerprint density at radius 1 is 1.25 bits per heavy atom. The van der Waals surface area contributed by atoms with E-state index in [9.17, 15) is 19.5 Å². The standard InChI is InChI=1S/C25H35ClN4O6/c1-17-22(32)30(13-12-29(17)23(33)27-19-5-3-4-18(26)14-19)20(16-36-24(34)35-2)6-10-28-11-9-25(7-8-25)21(31)15-28/h3-5,14,17,20-21,31H,6-13,15-16H2,1-2H3,(H,27,33)/t17-,20-,21+/m0/s1. The topological polar surface area (TPSA) is 112 Å². The van der Waals surface area contributed by atoms with E-state index in [4.69, 9.17) is 16.3 Å². The van der Waals surface area contributed by atoms with E-state index in [1.807, 2.05) is 0 Å². The first kappa shape index (κ1) is 26.5. The highest BCUT2D eigenvalue weighted by Gasteiger charge is 2.51. The van der Waals surface area contributed by atoms with E-state index in [1.165, 1.54) is 12.0 Å². The van der Waals surface area contributed by atoms with Gasteiger partial charge in [-0.15, -0.1) is 0 Å². The Labute approximate surface area is 216 Å². The summed E-state index contributed by atoms with van der Waals surface area (Å²) in [6, 6.07) is 5.39. The van der Waals surface area contributed by atoms with Gasteiger partial charge >= 0.3 is 12.2 Å². The lowest BCUT2D eigenvalue weighted by molar-refractivity contribution is -0.143. The van der Waals surface area contributed by atoms with Crippen LogP contribution in [0.15, 0.2) is 24.3 Å². The van der Waals surface area contributed by atoms with Gasteiger partial charge < -0.3 is 34.6 Å². The molecule has 1 spiro atoms. The van der Waals surface area contributed by atoms with Gasteiger partial charge in [0.2, 0.25) is 5.91 Å². The monoisotopic (exact) mass is 522 g/mol. The number of methoxy groups -OCH3 is 1. The second kappa shape index (κ2) is 11.2. The lowest BCUT2D eigenvalue weighted by Crippen LogP contribution is -2.61. The molecule has 0 radical (unpaired) electrons. The fourth-order valence-corrected chi connectivity index (χ4v) is 5.39. The number of anilines is 1. The number of ether oxygens (including phenoxy) is 2. The van der Waals surface area contributed by atoms with Crippen LogP contribution in [-0.4, -0.2) is 103 Å². The van der Waals surface area contributed by atoms with Crippen molar-refractivity contribution in [2.75, 3.05) is 51.8 Å². The van der Waals surface area contributed by atoms with Gasteiger partial charge in [-0.25, -0.2) is 9.59 Å². The first-order chi connectivity index (χ1) is 17.2. The highest BCUT2D eigenvalue weighted by molar-refractivity contribution is 6.30. The lowest BCUT2D eigenvalue weighted by atomic mass is 9.90. The van der Waals surface area contributed by atoms with Crippen LogP contribution in [0.5, 0.6) is 0 Å². The number of likely N-dealkylation sites (tertiary alicyclic amines) is 1. The molecule has 3 aliphatic rings. The van der Waals surface area contributed by atoms with Crippen LogP contribution in [0.4, 0.5) is 15.3 Å². The minimum Gasteiger partial charge on any atom is -0.438 e. The number of rotatable bonds is 7. The number of aliphatic hydroxyl groups is 1. The van der Waals surface area contributed by atoms with Crippen LogP contribution >= 0.6 is 11.6 Å². The van der Waals surface area contributed by atoms with Crippen LogP contribution in [0, 0.1) is 5.41 Å². The molecule has 36 heavy (non-hydrogen) atoms. The largest absolute Gasteiger partial charge is 0.508 e. The van der Waals surface area contributed by atoms with E-state index in [2.05, 4.69) is 15.0 Å². The summed E-state index contributed by atoms with van der Waals surface area (Å²) in [5.74, 6) is -0.212. The Bertz CT molecular complexity index is 974. The van der Waals surface area contributed by atoms with Crippen LogP contribution in [0.2, 0.25) is 5.02 Å². The number of nitrogens with one attached hydrogen (secondary N) is 1. The smallest absolute Gasteiger partial charge is 0.438 e. The van der Waals surface area contributed by atoms with Crippen molar-refractivity contribution in [3.63, 3.8) is 0 Å². The number of benzene rings is 1. The minimum atomic E-state index is -0.802. The molecule has 3 fully saturated rings. The number of aliphatic hydroxyl groups excluding tert-OH is 1. The van der Waals surface area contributed by atoms with Crippen LogP contribution in [0.3, 0.4) is 0 Å². The van der Waals surface area contributed by atoms with Crippen molar-refractivity contribution >= 4 is 35.4 Å². The normalized spacial score (nSPS) is 24.4. The van der Waals surface area contributed by atoms with Gasteiger partial charge in [-0.1, -0.05) is 17.7 Å². The molecule has 0 aromatic heterocycles. The van der Waals surface area contributed by atoms with E-state index in [0.717, 1.165) is 25.8 Å². The number of amides is 3. The third-order valence-corrected chi connectivity index (χ3v) is 8.00. The molecule has 0 unspecified atom stereocenters. The Balaban J connectivity index is 1.37. The Morgan fingerprint density at radius 2 is 2.03 bits per heavy atom. The number of piperidine rings is 1. The summed E-state index contributed by atoms with van der Waals surface area (Å²) in [6.45, 7) is 4.53. The predicted octanol–water partition coefficient (Wildman–Crippen LogP) is 2.79.